The van der Waals surface area contributed by atoms with Crippen molar-refractivity contribution in [1.29, 1.82) is 5.41 Å². The van der Waals surface area contributed by atoms with E-state index in [0.29, 0.717) is 11.3 Å². The van der Waals surface area contributed by atoms with E-state index in [9.17, 15) is 9.59 Å². The zero-order valence-electron chi connectivity index (χ0n) is 10.9. The molecule has 0 saturated carbocycles. The van der Waals surface area contributed by atoms with Gasteiger partial charge in [-0.05, 0) is 48.5 Å². The molecule has 0 aromatic heterocycles. The van der Waals surface area contributed by atoms with Crippen LogP contribution in [0.4, 0.5) is 0 Å². The molecule has 0 amide bonds. The summed E-state index contributed by atoms with van der Waals surface area (Å²) in [6, 6.07) is 11.6. The van der Waals surface area contributed by atoms with Gasteiger partial charge in [-0.25, -0.2) is 9.59 Å². The van der Waals surface area contributed by atoms with Gasteiger partial charge >= 0.3 is 11.9 Å². The van der Waals surface area contributed by atoms with Gasteiger partial charge in [-0.15, -0.1) is 0 Å². The maximum Gasteiger partial charge on any atom is 0.343 e. The molecule has 4 N–H and O–H groups in total. The summed E-state index contributed by atoms with van der Waals surface area (Å²) in [7, 11) is 0. The molecular formula is C15H12N2O4. The lowest BCUT2D eigenvalue weighted by Gasteiger charge is -2.05. The quantitative estimate of drug-likeness (QED) is 0.343. The number of hydrogen-bond acceptors (Lipinski definition) is 4. The number of nitrogens with two attached hydrogens (primary N) is 1. The molecule has 0 saturated heterocycles. The number of carbonyl (C=O) groups is 2. The molecule has 0 spiro atoms. The molecule has 0 bridgehead atoms. The lowest BCUT2D eigenvalue weighted by molar-refractivity contribution is 0.0691. The van der Waals surface area contributed by atoms with Crippen LogP contribution in [0.5, 0.6) is 5.75 Å². The molecular weight excluding hydrogens is 272 g/mol. The minimum absolute atomic E-state index is 0.0721. The van der Waals surface area contributed by atoms with E-state index in [0.717, 1.165) is 0 Å². The van der Waals surface area contributed by atoms with Crippen molar-refractivity contribution >= 4 is 17.8 Å². The standard InChI is InChI=1S/C15H12N2O4/c16-13(17)9-5-7-12(8-6-9)21-15(20)11-3-1-10(2-4-11)14(18)19/h1-8H,(H3,16,17)(H,18,19). The van der Waals surface area contributed by atoms with Crippen LogP contribution in [0.3, 0.4) is 0 Å². The highest BCUT2D eigenvalue weighted by atomic mass is 16.5. The van der Waals surface area contributed by atoms with Gasteiger partial charge in [0.25, 0.3) is 0 Å². The Morgan fingerprint density at radius 3 is 1.86 bits per heavy atom. The number of carboxylic acid groups (broad SMARTS) is 1. The van der Waals surface area contributed by atoms with Crippen LogP contribution in [-0.4, -0.2) is 22.9 Å². The first-order valence-corrected chi connectivity index (χ1v) is 5.97. The number of carbonyl (C=O) groups excluding carboxylic acids is 1. The normalized spacial score (nSPS) is 9.90. The van der Waals surface area contributed by atoms with E-state index in [1.54, 1.807) is 12.1 Å². The van der Waals surface area contributed by atoms with Gasteiger partial charge in [0.2, 0.25) is 0 Å². The summed E-state index contributed by atoms with van der Waals surface area (Å²) in [6.45, 7) is 0. The number of nitrogens with one attached hydrogen (secondary N) is 1. The Labute approximate surface area is 120 Å². The average molecular weight is 284 g/mol. The van der Waals surface area contributed by atoms with Crippen molar-refractivity contribution in [2.24, 2.45) is 5.73 Å². The van der Waals surface area contributed by atoms with Gasteiger partial charge in [-0.1, -0.05) is 0 Å². The highest BCUT2D eigenvalue weighted by Gasteiger charge is 2.10. The molecule has 2 rings (SSSR count). The number of ether oxygens (including phenoxy) is 1. The number of rotatable bonds is 4. The van der Waals surface area contributed by atoms with Crippen LogP contribution in [0.25, 0.3) is 0 Å². The molecule has 6 heteroatoms. The van der Waals surface area contributed by atoms with E-state index in [1.165, 1.54) is 36.4 Å². The summed E-state index contributed by atoms with van der Waals surface area (Å²) in [4.78, 5) is 22.6. The molecule has 0 fully saturated rings. The summed E-state index contributed by atoms with van der Waals surface area (Å²) in [6.07, 6.45) is 0. The number of amidine groups is 1. The van der Waals surface area contributed by atoms with Crippen molar-refractivity contribution in [2.45, 2.75) is 0 Å². The summed E-state index contributed by atoms with van der Waals surface area (Å²) in [5, 5.41) is 16.0. The van der Waals surface area contributed by atoms with Crippen molar-refractivity contribution in [3.63, 3.8) is 0 Å². The first kappa shape index (κ1) is 14.3. The van der Waals surface area contributed by atoms with Gasteiger partial charge in [-0.2, -0.15) is 0 Å². The molecule has 0 radical (unpaired) electrons. The zero-order valence-corrected chi connectivity index (χ0v) is 10.9. The fraction of sp³-hybridized carbons (Fsp3) is 0. The first-order chi connectivity index (χ1) is 9.97. The number of nitrogen functional groups attached to an aromatic ring is 1. The van der Waals surface area contributed by atoms with Crippen LogP contribution in [0, 0.1) is 5.41 Å². The molecule has 0 heterocycles. The van der Waals surface area contributed by atoms with Gasteiger partial charge < -0.3 is 15.6 Å². The molecule has 0 aliphatic heterocycles. The summed E-state index contributed by atoms with van der Waals surface area (Å²) in [5.41, 5.74) is 6.19. The van der Waals surface area contributed by atoms with Gasteiger partial charge in [0.1, 0.15) is 11.6 Å². The largest absolute Gasteiger partial charge is 0.478 e. The summed E-state index contributed by atoms with van der Waals surface area (Å²) >= 11 is 0. The fourth-order valence-electron chi connectivity index (χ4n) is 1.62. The molecule has 0 aliphatic carbocycles. The third kappa shape index (κ3) is 3.44. The third-order valence-corrected chi connectivity index (χ3v) is 2.74. The van der Waals surface area contributed by atoms with Gasteiger partial charge in [0, 0.05) is 5.56 Å². The molecule has 0 aliphatic rings. The van der Waals surface area contributed by atoms with E-state index in [2.05, 4.69) is 0 Å². The minimum atomic E-state index is -1.06. The molecule has 2 aromatic rings. The van der Waals surface area contributed by atoms with Crippen LogP contribution in [0.1, 0.15) is 26.3 Å². The number of carboxylic acids is 1. The Morgan fingerprint density at radius 2 is 1.38 bits per heavy atom. The number of aromatic carboxylic acids is 1. The fourth-order valence-corrected chi connectivity index (χ4v) is 1.62. The molecule has 2 aromatic carbocycles. The van der Waals surface area contributed by atoms with E-state index in [1.807, 2.05) is 0 Å². The Bertz CT molecular complexity index is 691. The second-order valence-electron chi connectivity index (χ2n) is 4.21. The van der Waals surface area contributed by atoms with Gasteiger partial charge in [-0.3, -0.25) is 5.41 Å². The van der Waals surface area contributed by atoms with Crippen LogP contribution < -0.4 is 10.5 Å². The van der Waals surface area contributed by atoms with Crippen molar-refractivity contribution in [3.8, 4) is 5.75 Å². The predicted octanol–water partition coefficient (Wildman–Crippen LogP) is 1.89. The van der Waals surface area contributed by atoms with Crippen molar-refractivity contribution in [2.75, 3.05) is 0 Å². The maximum atomic E-state index is 11.9. The molecule has 6 nitrogen and oxygen atoms in total. The van der Waals surface area contributed by atoms with Crippen molar-refractivity contribution in [3.05, 3.63) is 65.2 Å². The Morgan fingerprint density at radius 1 is 0.905 bits per heavy atom. The highest BCUT2D eigenvalue weighted by Crippen LogP contribution is 2.14. The van der Waals surface area contributed by atoms with E-state index in [-0.39, 0.29) is 17.0 Å². The van der Waals surface area contributed by atoms with E-state index >= 15 is 0 Å². The molecule has 106 valence electrons. The molecule has 21 heavy (non-hydrogen) atoms. The average Bonchev–Trinajstić information content (AvgIpc) is 2.47. The van der Waals surface area contributed by atoms with Crippen molar-refractivity contribution < 1.29 is 19.4 Å². The topological polar surface area (TPSA) is 113 Å². The Balaban J connectivity index is 2.10. The van der Waals surface area contributed by atoms with Crippen molar-refractivity contribution in [1.82, 2.24) is 0 Å². The zero-order chi connectivity index (χ0) is 15.4. The summed E-state index contributed by atoms with van der Waals surface area (Å²) in [5.74, 6) is -1.42. The molecule has 0 atom stereocenters. The Hall–Kier alpha value is -3.15. The third-order valence-electron chi connectivity index (χ3n) is 2.74. The smallest absolute Gasteiger partial charge is 0.343 e. The lowest BCUT2D eigenvalue weighted by atomic mass is 10.1. The van der Waals surface area contributed by atoms with E-state index < -0.39 is 11.9 Å². The predicted molar refractivity (Wildman–Crippen MR) is 75.8 cm³/mol. The van der Waals surface area contributed by atoms with Crippen LogP contribution in [0.15, 0.2) is 48.5 Å². The molecule has 0 unspecified atom stereocenters. The minimum Gasteiger partial charge on any atom is -0.478 e. The van der Waals surface area contributed by atoms with Crippen LogP contribution >= 0.6 is 0 Å². The maximum absolute atomic E-state index is 11.9. The van der Waals surface area contributed by atoms with Crippen LogP contribution in [0.2, 0.25) is 0 Å². The number of esters is 1. The number of hydrogen-bond donors (Lipinski definition) is 3. The lowest BCUT2D eigenvalue weighted by Crippen LogP contribution is -2.11. The highest BCUT2D eigenvalue weighted by molar-refractivity contribution is 5.95. The second kappa shape index (κ2) is 5.87. The van der Waals surface area contributed by atoms with Gasteiger partial charge in [0.15, 0.2) is 0 Å². The van der Waals surface area contributed by atoms with Gasteiger partial charge in [0.05, 0.1) is 11.1 Å². The first-order valence-electron chi connectivity index (χ1n) is 5.97. The van der Waals surface area contributed by atoms with Crippen LogP contribution in [-0.2, 0) is 0 Å². The second-order valence-corrected chi connectivity index (χ2v) is 4.21. The van der Waals surface area contributed by atoms with E-state index in [4.69, 9.17) is 21.0 Å². The Kier molecular flexibility index (Phi) is 3.99. The number of benzene rings is 2. The SMILES string of the molecule is N=C(N)c1ccc(OC(=O)c2ccc(C(=O)O)cc2)cc1. The monoisotopic (exact) mass is 284 g/mol. The summed E-state index contributed by atoms with van der Waals surface area (Å²) < 4.78 is 5.14.